The van der Waals surface area contributed by atoms with Gasteiger partial charge in [0.05, 0.1) is 7.11 Å². The Morgan fingerprint density at radius 3 is 2.65 bits per heavy atom. The second kappa shape index (κ2) is 6.37. The third-order valence-corrected chi connectivity index (χ3v) is 3.40. The molecule has 1 heterocycles. The van der Waals surface area contributed by atoms with Crippen molar-refractivity contribution in [1.82, 2.24) is 0 Å². The molecule has 2 rings (SSSR count). The second-order valence-corrected chi connectivity index (χ2v) is 4.87. The summed E-state index contributed by atoms with van der Waals surface area (Å²) in [5.41, 5.74) is 1.69. The molecule has 0 saturated carbocycles. The molecule has 1 aliphatic heterocycles. The highest BCUT2D eigenvalue weighted by atomic mass is 16.5. The number of hydrogen-bond acceptors (Lipinski definition) is 3. The average Bonchev–Trinajstić information content (AvgIpc) is 2.80. The minimum Gasteiger partial charge on any atom is -0.497 e. The lowest BCUT2D eigenvalue weighted by molar-refractivity contribution is -0.117. The smallest absolute Gasteiger partial charge is 0.253 e. The molecule has 20 heavy (non-hydrogen) atoms. The van der Waals surface area contributed by atoms with Crippen molar-refractivity contribution >= 4 is 17.4 Å². The van der Waals surface area contributed by atoms with E-state index in [-0.39, 0.29) is 11.7 Å². The number of anilines is 1. The summed E-state index contributed by atoms with van der Waals surface area (Å²) < 4.78 is 5.11. The van der Waals surface area contributed by atoms with Gasteiger partial charge in [0.1, 0.15) is 11.5 Å². The van der Waals surface area contributed by atoms with E-state index in [1.165, 1.54) is 0 Å². The number of allylic oxidation sites excluding steroid dienone is 1. The quantitative estimate of drug-likeness (QED) is 0.775. The van der Waals surface area contributed by atoms with E-state index in [9.17, 15) is 9.59 Å². The van der Waals surface area contributed by atoms with Gasteiger partial charge < -0.3 is 14.4 Å². The fourth-order valence-electron chi connectivity index (χ4n) is 2.26. The molecule has 1 saturated heterocycles. The zero-order chi connectivity index (χ0) is 14.5. The Hall–Kier alpha value is -2.10. The molecule has 106 valence electrons. The minimum absolute atomic E-state index is 0.0405. The van der Waals surface area contributed by atoms with Crippen LogP contribution < -0.4 is 9.64 Å². The van der Waals surface area contributed by atoms with Crippen LogP contribution in [-0.4, -0.2) is 25.3 Å². The summed E-state index contributed by atoms with van der Waals surface area (Å²) in [4.78, 5) is 24.9. The number of nitrogens with zero attached hydrogens (tertiary/aromatic N) is 1. The van der Waals surface area contributed by atoms with Gasteiger partial charge in [-0.2, -0.15) is 0 Å². The zero-order valence-electron chi connectivity index (χ0n) is 11.9. The van der Waals surface area contributed by atoms with Crippen LogP contribution in [0, 0.1) is 0 Å². The number of methoxy groups -OCH3 is 1. The van der Waals surface area contributed by atoms with Crippen LogP contribution in [0.3, 0.4) is 0 Å². The van der Waals surface area contributed by atoms with Gasteiger partial charge in [-0.1, -0.05) is 6.08 Å². The van der Waals surface area contributed by atoms with Gasteiger partial charge in [-0.05, 0) is 44.0 Å². The lowest BCUT2D eigenvalue weighted by atomic mass is 10.1. The van der Waals surface area contributed by atoms with Crippen molar-refractivity contribution in [2.75, 3.05) is 18.6 Å². The first-order chi connectivity index (χ1) is 9.61. The maximum absolute atomic E-state index is 12.3. The largest absolute Gasteiger partial charge is 0.497 e. The molecule has 0 unspecified atom stereocenters. The molecule has 0 aliphatic carbocycles. The molecule has 4 heteroatoms. The Balaban J connectivity index is 2.04. The minimum atomic E-state index is 0.0405. The number of Topliss-reactive ketones (excluding diaryl/α,β-unsaturated/α-hetero) is 1. The van der Waals surface area contributed by atoms with Gasteiger partial charge in [-0.15, -0.1) is 0 Å². The van der Waals surface area contributed by atoms with E-state index in [1.807, 2.05) is 30.3 Å². The first-order valence-corrected chi connectivity index (χ1v) is 6.76. The summed E-state index contributed by atoms with van der Waals surface area (Å²) >= 11 is 0. The second-order valence-electron chi connectivity index (χ2n) is 4.87. The first-order valence-electron chi connectivity index (χ1n) is 6.76. The molecule has 0 aromatic heterocycles. The number of ketones is 1. The van der Waals surface area contributed by atoms with Crippen LogP contribution in [0.2, 0.25) is 0 Å². The lowest BCUT2D eigenvalue weighted by Crippen LogP contribution is -2.24. The first kappa shape index (κ1) is 14.3. The maximum Gasteiger partial charge on any atom is 0.253 e. The van der Waals surface area contributed by atoms with E-state index in [1.54, 1.807) is 18.9 Å². The molecule has 1 aromatic carbocycles. The van der Waals surface area contributed by atoms with Crippen molar-refractivity contribution in [2.24, 2.45) is 0 Å². The normalized spacial score (nSPS) is 16.8. The van der Waals surface area contributed by atoms with Crippen molar-refractivity contribution in [2.45, 2.75) is 26.2 Å². The summed E-state index contributed by atoms with van der Waals surface area (Å²) in [5, 5.41) is 0. The predicted molar refractivity (Wildman–Crippen MR) is 78.0 cm³/mol. The Labute approximate surface area is 119 Å². The molecule has 1 aromatic rings. The van der Waals surface area contributed by atoms with E-state index >= 15 is 0 Å². The van der Waals surface area contributed by atoms with Crippen LogP contribution in [0.5, 0.6) is 5.75 Å². The highest BCUT2D eigenvalue weighted by Gasteiger charge is 2.26. The number of carbonyl (C=O) groups is 2. The number of hydrogen-bond donors (Lipinski definition) is 0. The molecule has 0 spiro atoms. The fraction of sp³-hybridized carbons (Fsp3) is 0.375. The molecule has 0 radical (unpaired) electrons. The van der Waals surface area contributed by atoms with E-state index in [4.69, 9.17) is 4.74 Å². The maximum atomic E-state index is 12.3. The molecule has 0 atom stereocenters. The van der Waals surface area contributed by atoms with Crippen molar-refractivity contribution in [3.63, 3.8) is 0 Å². The lowest BCUT2D eigenvalue weighted by Gasteiger charge is -2.15. The summed E-state index contributed by atoms with van der Waals surface area (Å²) in [6.07, 6.45) is 3.78. The highest BCUT2D eigenvalue weighted by Crippen LogP contribution is 2.26. The van der Waals surface area contributed by atoms with Crippen LogP contribution >= 0.6 is 0 Å². The van der Waals surface area contributed by atoms with Crippen LogP contribution in [0.1, 0.15) is 26.2 Å². The fourth-order valence-corrected chi connectivity index (χ4v) is 2.26. The summed E-state index contributed by atoms with van der Waals surface area (Å²) in [7, 11) is 1.62. The third kappa shape index (κ3) is 3.26. The van der Waals surface area contributed by atoms with E-state index in [0.29, 0.717) is 19.4 Å². The number of amides is 1. The van der Waals surface area contributed by atoms with Gasteiger partial charge in [0.15, 0.2) is 0 Å². The van der Waals surface area contributed by atoms with Crippen molar-refractivity contribution in [1.29, 1.82) is 0 Å². The number of ether oxygens (including phenoxy) is 1. The summed E-state index contributed by atoms with van der Waals surface area (Å²) in [6, 6.07) is 7.46. The molecule has 0 N–H and O–H groups in total. The molecule has 4 nitrogen and oxygen atoms in total. The number of rotatable bonds is 5. The Bertz CT molecular complexity index is 531. The highest BCUT2D eigenvalue weighted by molar-refractivity contribution is 6.08. The topological polar surface area (TPSA) is 46.6 Å². The Morgan fingerprint density at radius 2 is 2.05 bits per heavy atom. The van der Waals surface area contributed by atoms with Gasteiger partial charge in [-0.3, -0.25) is 4.79 Å². The monoisotopic (exact) mass is 273 g/mol. The van der Waals surface area contributed by atoms with Crippen molar-refractivity contribution in [3.05, 3.63) is 35.9 Å². The van der Waals surface area contributed by atoms with Crippen molar-refractivity contribution in [3.8, 4) is 5.75 Å². The van der Waals surface area contributed by atoms with Crippen LogP contribution in [0.15, 0.2) is 35.9 Å². The molecular formula is C16H19NO3. The van der Waals surface area contributed by atoms with Gasteiger partial charge in [0, 0.05) is 24.2 Å². The van der Waals surface area contributed by atoms with Gasteiger partial charge in [0.25, 0.3) is 5.91 Å². The molecule has 1 amide bonds. The molecule has 1 aliphatic rings. The van der Waals surface area contributed by atoms with E-state index < -0.39 is 0 Å². The Morgan fingerprint density at radius 1 is 1.35 bits per heavy atom. The van der Waals surface area contributed by atoms with E-state index in [2.05, 4.69) is 0 Å². The van der Waals surface area contributed by atoms with Gasteiger partial charge in [0.2, 0.25) is 0 Å². The van der Waals surface area contributed by atoms with Gasteiger partial charge >= 0.3 is 0 Å². The van der Waals surface area contributed by atoms with E-state index in [0.717, 1.165) is 23.4 Å². The Kier molecular flexibility index (Phi) is 4.56. The average molecular weight is 273 g/mol. The van der Waals surface area contributed by atoms with Crippen LogP contribution in [-0.2, 0) is 9.59 Å². The number of carbonyl (C=O) groups excluding carboxylic acids is 2. The standard InChI is InChI=1S/C16H19NO3/c1-12(18)4-3-5-13-10-11-17(16(13)19)14-6-8-15(20-2)9-7-14/h5-9H,3-4,10-11H2,1-2H3/b13-5+. The van der Waals surface area contributed by atoms with Crippen LogP contribution in [0.25, 0.3) is 0 Å². The number of benzene rings is 1. The molecular weight excluding hydrogens is 254 g/mol. The van der Waals surface area contributed by atoms with Gasteiger partial charge in [-0.25, -0.2) is 0 Å². The third-order valence-electron chi connectivity index (χ3n) is 3.40. The summed E-state index contributed by atoms with van der Waals surface area (Å²) in [6.45, 7) is 2.26. The van der Waals surface area contributed by atoms with Crippen LogP contribution in [0.4, 0.5) is 5.69 Å². The zero-order valence-corrected chi connectivity index (χ0v) is 11.9. The molecule has 0 bridgehead atoms. The SMILES string of the molecule is COc1ccc(N2CC/C(=C\CCC(C)=O)C2=O)cc1. The molecule has 1 fully saturated rings. The van der Waals surface area contributed by atoms with Crippen molar-refractivity contribution < 1.29 is 14.3 Å². The predicted octanol–water partition coefficient (Wildman–Crippen LogP) is 2.73. The summed E-state index contributed by atoms with van der Waals surface area (Å²) in [5.74, 6) is 0.968.